The van der Waals surface area contributed by atoms with Crippen molar-refractivity contribution in [2.75, 3.05) is 20.0 Å². The number of benzene rings is 5. The molecule has 3 heterocycles. The Balaban J connectivity index is 1.11. The number of carbonyl (C=O) groups is 3. The minimum Gasteiger partial charge on any atom is -0.618 e. The number of fused-ring (bicyclic) bond motifs is 1. The van der Waals surface area contributed by atoms with Gasteiger partial charge in [-0.1, -0.05) is 115 Å². The van der Waals surface area contributed by atoms with Crippen LogP contribution < -0.4 is 29.0 Å². The normalized spacial score (nSPS) is 15.6. The second-order valence-electron chi connectivity index (χ2n) is 15.0. The van der Waals surface area contributed by atoms with E-state index in [1.165, 1.54) is 22.9 Å². The molecule has 1 saturated heterocycles. The van der Waals surface area contributed by atoms with Crippen molar-refractivity contribution in [3.05, 3.63) is 208 Å². The Morgan fingerprint density at radius 2 is 1.34 bits per heavy atom. The van der Waals surface area contributed by atoms with Crippen LogP contribution in [0.4, 0.5) is 0 Å². The molecule has 0 spiro atoms. The number of thioether (sulfide) groups is 1. The zero-order chi connectivity index (χ0) is 44.4. The minimum atomic E-state index is -0.840. The smallest absolute Gasteiger partial charge is 0.355 e. The van der Waals surface area contributed by atoms with Crippen LogP contribution in [0, 0.1) is 5.21 Å². The molecule has 2 amide bonds. The zero-order valence-electron chi connectivity index (χ0n) is 35.1. The van der Waals surface area contributed by atoms with E-state index in [-0.39, 0.29) is 48.4 Å². The lowest BCUT2D eigenvalue weighted by molar-refractivity contribution is -0.607. The predicted octanol–water partition coefficient (Wildman–Crippen LogP) is 7.74. The summed E-state index contributed by atoms with van der Waals surface area (Å²) < 4.78 is 30.1. The van der Waals surface area contributed by atoms with Gasteiger partial charge in [-0.3, -0.25) is 14.5 Å². The highest BCUT2D eigenvalue weighted by Crippen LogP contribution is 2.42. The molecule has 2 aliphatic rings. The highest BCUT2D eigenvalue weighted by Gasteiger charge is 2.54. The van der Waals surface area contributed by atoms with E-state index < -0.39 is 29.4 Å². The van der Waals surface area contributed by atoms with Gasteiger partial charge in [0, 0.05) is 11.8 Å². The summed E-state index contributed by atoms with van der Waals surface area (Å²) >= 11 is 1.40. The molecule has 8 rings (SSSR count). The molecule has 1 N–H and O–H groups in total. The molecule has 0 radical (unpaired) electrons. The van der Waals surface area contributed by atoms with Crippen molar-refractivity contribution in [2.45, 2.75) is 37.2 Å². The Kier molecular flexibility index (Phi) is 13.6. The lowest BCUT2D eigenvalue weighted by Gasteiger charge is -2.49. The number of allylic oxidation sites excluding steroid dienone is 1. The van der Waals surface area contributed by atoms with Gasteiger partial charge in [0.15, 0.2) is 5.75 Å². The summed E-state index contributed by atoms with van der Waals surface area (Å²) in [6.45, 7) is 0.0748. The number of ether oxygens (including phenoxy) is 5. The molecule has 0 saturated carbocycles. The average molecular weight is 876 g/mol. The molecule has 6 aromatic rings. The van der Waals surface area contributed by atoms with E-state index in [2.05, 4.69) is 5.32 Å². The van der Waals surface area contributed by atoms with Crippen molar-refractivity contribution in [3.63, 3.8) is 0 Å². The number of amides is 2. The summed E-state index contributed by atoms with van der Waals surface area (Å²) in [5, 5.41) is 16.2. The third-order valence-electron chi connectivity index (χ3n) is 10.7. The van der Waals surface area contributed by atoms with Gasteiger partial charge in [-0.15, -0.1) is 11.8 Å². The van der Waals surface area contributed by atoms with Crippen LogP contribution in [0.5, 0.6) is 23.0 Å². The lowest BCUT2D eigenvalue weighted by Crippen LogP contribution is -2.70. The Labute approximate surface area is 375 Å². The topological polar surface area (TPSA) is 140 Å². The molecule has 324 valence electrons. The fourth-order valence-electron chi connectivity index (χ4n) is 7.32. The second-order valence-corrected chi connectivity index (χ2v) is 16.1. The number of nitrogens with one attached hydrogen (secondary N) is 1. The first-order valence-electron chi connectivity index (χ1n) is 20.6. The second kappa shape index (κ2) is 20.1. The summed E-state index contributed by atoms with van der Waals surface area (Å²) in [4.78, 5) is 42.4. The molecule has 5 aromatic carbocycles. The zero-order valence-corrected chi connectivity index (χ0v) is 35.9. The number of hydrogen-bond acceptors (Lipinski definition) is 10. The maximum absolute atomic E-state index is 14.1. The molecule has 2 atom stereocenters. The number of aromatic nitrogens is 1. The summed E-state index contributed by atoms with van der Waals surface area (Å²) in [5.74, 6) is 0.674. The Morgan fingerprint density at radius 1 is 0.766 bits per heavy atom. The van der Waals surface area contributed by atoms with Gasteiger partial charge in [0.2, 0.25) is 23.5 Å². The Bertz CT molecular complexity index is 2600. The van der Waals surface area contributed by atoms with Crippen molar-refractivity contribution >= 4 is 35.6 Å². The van der Waals surface area contributed by atoms with Gasteiger partial charge >= 0.3 is 5.97 Å². The van der Waals surface area contributed by atoms with Gasteiger partial charge in [0.25, 0.3) is 5.91 Å². The lowest BCUT2D eigenvalue weighted by atomic mass is 10.0. The first-order valence-corrected chi connectivity index (χ1v) is 21.6. The molecule has 0 aliphatic carbocycles. The SMILES string of the molecule is COc1ccc(COC(=O)C2=C(C=Cc3cc(OC(c4ccccc4)c4ccccc4)c(OCc4ccc(OC)cc4)c[n+]3[O-])CS[C@@H]3[C@H](NC(=O)Cc4ccccc4)C(=O)N23)cc1. The minimum absolute atomic E-state index is 0.0358. The molecule has 64 heavy (non-hydrogen) atoms. The number of esters is 1. The van der Waals surface area contributed by atoms with Gasteiger partial charge < -0.3 is 34.2 Å². The fourth-order valence-corrected chi connectivity index (χ4v) is 8.64. The van der Waals surface area contributed by atoms with Crippen molar-refractivity contribution < 1.29 is 42.8 Å². The molecule has 0 bridgehead atoms. The number of carbonyl (C=O) groups excluding carboxylic acids is 3. The third-order valence-corrected chi connectivity index (χ3v) is 12.0. The van der Waals surface area contributed by atoms with Crippen LogP contribution in [0.15, 0.2) is 169 Å². The van der Waals surface area contributed by atoms with Crippen LogP contribution in [0.3, 0.4) is 0 Å². The fraction of sp³-hybridized carbons (Fsp3) is 0.176. The first kappa shape index (κ1) is 43.2. The van der Waals surface area contributed by atoms with Crippen molar-refractivity contribution in [1.29, 1.82) is 0 Å². The number of pyridine rings is 1. The average Bonchev–Trinajstić information content (AvgIpc) is 3.34. The maximum Gasteiger partial charge on any atom is 0.355 e. The van der Waals surface area contributed by atoms with E-state index in [9.17, 15) is 19.6 Å². The summed E-state index contributed by atoms with van der Waals surface area (Å²) in [6.07, 6.45) is 4.07. The Hall–Kier alpha value is -7.51. The van der Waals surface area contributed by atoms with E-state index in [0.29, 0.717) is 33.1 Å². The van der Waals surface area contributed by atoms with Gasteiger partial charge in [0.1, 0.15) is 47.9 Å². The standard InChI is InChI=1S/C51H45N3O9S/c1-59-41-24-18-35(19-25-41)31-61-44-30-53(58)40(29-43(44)63-48(37-14-8-4-9-15-37)38-16-10-5-11-17-38)23-22-39-33-64-50-46(52-45(55)28-34-12-6-3-7-13-34)49(56)54(50)47(39)51(57)62-32-36-20-26-42(60-2)27-21-36/h3-27,29-30,46,48,50H,28,31-33H2,1-2H3,(H,52,55)/t46-,50-/m1/s1. The first-order chi connectivity index (χ1) is 31.3. The maximum atomic E-state index is 14.1. The largest absolute Gasteiger partial charge is 0.618 e. The molecule has 13 heteroatoms. The van der Waals surface area contributed by atoms with E-state index in [4.69, 9.17) is 23.7 Å². The van der Waals surface area contributed by atoms with Crippen LogP contribution >= 0.6 is 11.8 Å². The van der Waals surface area contributed by atoms with Crippen molar-refractivity contribution in [2.24, 2.45) is 0 Å². The monoisotopic (exact) mass is 875 g/mol. The van der Waals surface area contributed by atoms with Crippen LogP contribution in [0.2, 0.25) is 0 Å². The van der Waals surface area contributed by atoms with Crippen LogP contribution in [0.25, 0.3) is 6.08 Å². The van der Waals surface area contributed by atoms with E-state index in [1.807, 2.05) is 115 Å². The molecule has 1 aromatic heterocycles. The number of rotatable bonds is 17. The van der Waals surface area contributed by atoms with E-state index in [0.717, 1.165) is 22.3 Å². The molecular weight excluding hydrogens is 831 g/mol. The van der Waals surface area contributed by atoms with Crippen molar-refractivity contribution in [3.8, 4) is 23.0 Å². The van der Waals surface area contributed by atoms with Gasteiger partial charge in [-0.25, -0.2) is 4.79 Å². The van der Waals surface area contributed by atoms with Gasteiger partial charge in [-0.05, 0) is 63.7 Å². The predicted molar refractivity (Wildman–Crippen MR) is 242 cm³/mol. The summed E-state index contributed by atoms with van der Waals surface area (Å²) in [6, 6.07) is 44.0. The molecule has 2 aliphatic heterocycles. The highest BCUT2D eigenvalue weighted by molar-refractivity contribution is 8.00. The number of methoxy groups -OCH3 is 2. The number of β-lactam (4-membered cyclic amide) rings is 1. The highest BCUT2D eigenvalue weighted by atomic mass is 32.2. The molecule has 12 nitrogen and oxygen atoms in total. The van der Waals surface area contributed by atoms with Gasteiger partial charge in [0.05, 0.1) is 26.7 Å². The van der Waals surface area contributed by atoms with Crippen LogP contribution in [-0.4, -0.2) is 54.1 Å². The van der Waals surface area contributed by atoms with Crippen LogP contribution in [-0.2, 0) is 38.8 Å². The molecule has 0 unspecified atom stereocenters. The summed E-state index contributed by atoms with van der Waals surface area (Å²) in [5.41, 5.74) is 4.82. The quantitative estimate of drug-likeness (QED) is 0.0419. The van der Waals surface area contributed by atoms with E-state index >= 15 is 0 Å². The summed E-state index contributed by atoms with van der Waals surface area (Å²) in [7, 11) is 3.16. The molecule has 1 fully saturated rings. The van der Waals surface area contributed by atoms with Crippen molar-refractivity contribution in [1.82, 2.24) is 10.2 Å². The molecular formula is C51H45N3O9S. The third kappa shape index (κ3) is 10.1. The van der Waals surface area contributed by atoms with Crippen LogP contribution in [0.1, 0.15) is 39.6 Å². The van der Waals surface area contributed by atoms with E-state index in [1.54, 1.807) is 56.7 Å². The number of nitrogens with zero attached hydrogens (tertiary/aromatic N) is 2. The van der Waals surface area contributed by atoms with Gasteiger partial charge in [-0.2, -0.15) is 4.73 Å². The number of hydrogen-bond donors (Lipinski definition) is 1. The Morgan fingerprint density at radius 3 is 1.94 bits per heavy atom.